The van der Waals surface area contributed by atoms with Crippen molar-refractivity contribution in [2.45, 2.75) is 19.3 Å². The molecule has 0 aliphatic carbocycles. The van der Waals surface area contributed by atoms with Gasteiger partial charge < -0.3 is 4.90 Å². The number of nitrogens with zero attached hydrogens (tertiary/aromatic N) is 1. The van der Waals surface area contributed by atoms with Gasteiger partial charge in [0.05, 0.1) is 1.37 Å². The van der Waals surface area contributed by atoms with E-state index in [2.05, 4.69) is 35.2 Å². The topological polar surface area (TPSA) is 3.24 Å². The maximum atomic E-state index is 8.12. The number of rotatable bonds is 2. The van der Waals surface area contributed by atoms with Gasteiger partial charge in [-0.25, -0.2) is 0 Å². The normalized spacial score (nSPS) is 16.4. The van der Waals surface area contributed by atoms with E-state index in [0.717, 1.165) is 18.8 Å². The monoisotopic (exact) mass is 238 g/mol. The standard InChI is InChI=1S/C17H19N/c1-3-8-15(9-4-1)16-10-7-11-17(14-16)18-12-5-2-6-13-18/h1,3-4,7-11,14H,2,5-6,12-13H2/i11D. The van der Waals surface area contributed by atoms with Gasteiger partial charge in [0, 0.05) is 18.8 Å². The molecule has 0 bridgehead atoms. The van der Waals surface area contributed by atoms with E-state index in [-0.39, 0.29) is 0 Å². The Kier molecular flexibility index (Phi) is 2.98. The van der Waals surface area contributed by atoms with Gasteiger partial charge in [0.15, 0.2) is 0 Å². The minimum absolute atomic E-state index is 0.640. The summed E-state index contributed by atoms with van der Waals surface area (Å²) < 4.78 is 8.12. The zero-order valence-electron chi connectivity index (χ0n) is 11.6. The highest BCUT2D eigenvalue weighted by Crippen LogP contribution is 2.26. The van der Waals surface area contributed by atoms with Gasteiger partial charge in [-0.15, -0.1) is 0 Å². The molecular formula is C17H19N. The van der Waals surface area contributed by atoms with Crippen molar-refractivity contribution >= 4 is 5.69 Å². The van der Waals surface area contributed by atoms with Gasteiger partial charge in [0.25, 0.3) is 0 Å². The summed E-state index contributed by atoms with van der Waals surface area (Å²) in [6.45, 7) is 2.17. The molecule has 0 unspecified atom stereocenters. The van der Waals surface area contributed by atoms with Crippen molar-refractivity contribution in [3.05, 3.63) is 54.6 Å². The Bertz CT molecular complexity index is 544. The molecule has 1 nitrogen and oxygen atoms in total. The van der Waals surface area contributed by atoms with Crippen LogP contribution >= 0.6 is 0 Å². The van der Waals surface area contributed by atoms with Crippen LogP contribution in [-0.2, 0) is 0 Å². The molecule has 0 aromatic heterocycles. The van der Waals surface area contributed by atoms with Gasteiger partial charge in [-0.2, -0.15) is 0 Å². The third-order valence-corrected chi connectivity index (χ3v) is 3.59. The van der Waals surface area contributed by atoms with Crippen molar-refractivity contribution in [1.82, 2.24) is 0 Å². The number of hydrogen-bond donors (Lipinski definition) is 0. The molecule has 2 aromatic carbocycles. The Hall–Kier alpha value is -1.76. The van der Waals surface area contributed by atoms with Gasteiger partial charge in [0.2, 0.25) is 0 Å². The van der Waals surface area contributed by atoms with Gasteiger partial charge in [-0.3, -0.25) is 0 Å². The maximum absolute atomic E-state index is 8.12. The summed E-state index contributed by atoms with van der Waals surface area (Å²) in [6, 6.07) is 17.2. The van der Waals surface area contributed by atoms with Crippen LogP contribution in [0.3, 0.4) is 0 Å². The lowest BCUT2D eigenvalue weighted by Gasteiger charge is -2.29. The molecule has 1 fully saturated rings. The third kappa shape index (κ3) is 2.40. The largest absolute Gasteiger partial charge is 0.372 e. The molecule has 1 saturated heterocycles. The summed E-state index contributed by atoms with van der Waals surface area (Å²) in [5, 5.41) is 0. The molecule has 3 rings (SSSR count). The highest BCUT2D eigenvalue weighted by atomic mass is 15.1. The molecular weight excluding hydrogens is 218 g/mol. The van der Waals surface area contributed by atoms with Crippen LogP contribution in [0.4, 0.5) is 5.69 Å². The Morgan fingerprint density at radius 1 is 0.833 bits per heavy atom. The van der Waals surface area contributed by atoms with Gasteiger partial charge in [-0.1, -0.05) is 42.5 Å². The fraction of sp³-hybridized carbons (Fsp3) is 0.294. The predicted octanol–water partition coefficient (Wildman–Crippen LogP) is 4.34. The summed E-state index contributed by atoms with van der Waals surface area (Å²) in [6.07, 6.45) is 3.81. The Balaban J connectivity index is 1.96. The molecule has 0 amide bonds. The average molecular weight is 238 g/mol. The van der Waals surface area contributed by atoms with Crippen molar-refractivity contribution < 1.29 is 1.37 Å². The lowest BCUT2D eigenvalue weighted by molar-refractivity contribution is 0.578. The second-order valence-electron chi connectivity index (χ2n) is 4.88. The second-order valence-corrected chi connectivity index (χ2v) is 4.88. The fourth-order valence-corrected chi connectivity index (χ4v) is 2.58. The molecule has 2 aromatic rings. The van der Waals surface area contributed by atoms with Crippen LogP contribution in [0.2, 0.25) is 0 Å². The first-order valence-electron chi connectivity index (χ1n) is 7.25. The van der Waals surface area contributed by atoms with Crippen LogP contribution in [0.25, 0.3) is 11.1 Å². The summed E-state index contributed by atoms with van der Waals surface area (Å²) in [5.74, 6) is 0. The van der Waals surface area contributed by atoms with Crippen LogP contribution in [0, 0.1) is 0 Å². The zero-order valence-corrected chi connectivity index (χ0v) is 10.6. The average Bonchev–Trinajstić information content (AvgIpc) is 2.49. The van der Waals surface area contributed by atoms with Crippen molar-refractivity contribution in [2.24, 2.45) is 0 Å². The first kappa shape index (κ1) is 10.2. The van der Waals surface area contributed by atoms with E-state index in [4.69, 9.17) is 1.37 Å². The fourth-order valence-electron chi connectivity index (χ4n) is 2.58. The molecule has 18 heavy (non-hydrogen) atoms. The van der Waals surface area contributed by atoms with Crippen LogP contribution in [0.5, 0.6) is 0 Å². The summed E-state index contributed by atoms with van der Waals surface area (Å²) in [5.41, 5.74) is 3.51. The van der Waals surface area contributed by atoms with E-state index < -0.39 is 0 Å². The lowest BCUT2D eigenvalue weighted by atomic mass is 10.0. The SMILES string of the molecule is [2H]c1ccc(-c2ccccc2)cc1N1CCCCC1. The number of benzene rings is 2. The van der Waals surface area contributed by atoms with E-state index in [1.165, 1.54) is 30.4 Å². The molecule has 0 N–H and O–H groups in total. The third-order valence-electron chi connectivity index (χ3n) is 3.59. The number of hydrogen-bond acceptors (Lipinski definition) is 1. The smallest absolute Gasteiger partial charge is 0.0645 e. The van der Waals surface area contributed by atoms with Crippen LogP contribution < -0.4 is 4.90 Å². The van der Waals surface area contributed by atoms with Crippen LogP contribution in [0.15, 0.2) is 54.6 Å². The quantitative estimate of drug-likeness (QED) is 0.752. The Morgan fingerprint density at radius 2 is 1.56 bits per heavy atom. The first-order chi connectivity index (χ1) is 9.34. The minimum Gasteiger partial charge on any atom is -0.372 e. The summed E-state index contributed by atoms with van der Waals surface area (Å²) in [4.78, 5) is 2.36. The van der Waals surface area contributed by atoms with Crippen molar-refractivity contribution in [3.8, 4) is 11.1 Å². The maximum Gasteiger partial charge on any atom is 0.0645 e. The Labute approximate surface area is 110 Å². The van der Waals surface area contributed by atoms with E-state index in [0.29, 0.717) is 6.04 Å². The van der Waals surface area contributed by atoms with Crippen molar-refractivity contribution in [3.63, 3.8) is 0 Å². The van der Waals surface area contributed by atoms with Gasteiger partial charge in [0.1, 0.15) is 0 Å². The van der Waals surface area contributed by atoms with Gasteiger partial charge in [-0.05, 0) is 42.5 Å². The number of anilines is 1. The molecule has 0 saturated carbocycles. The van der Waals surface area contributed by atoms with Crippen LogP contribution in [-0.4, -0.2) is 13.1 Å². The van der Waals surface area contributed by atoms with Crippen molar-refractivity contribution in [1.29, 1.82) is 0 Å². The zero-order chi connectivity index (χ0) is 13.1. The van der Waals surface area contributed by atoms with Gasteiger partial charge >= 0.3 is 0 Å². The second kappa shape index (κ2) is 5.26. The molecule has 1 heterocycles. The Morgan fingerprint density at radius 3 is 2.33 bits per heavy atom. The molecule has 0 spiro atoms. The molecule has 1 heteroatoms. The molecule has 92 valence electrons. The van der Waals surface area contributed by atoms with Crippen LogP contribution in [0.1, 0.15) is 20.6 Å². The highest BCUT2D eigenvalue weighted by molar-refractivity contribution is 5.68. The highest BCUT2D eigenvalue weighted by Gasteiger charge is 2.11. The number of piperidine rings is 1. The van der Waals surface area contributed by atoms with E-state index in [1.54, 1.807) is 0 Å². The first-order valence-corrected chi connectivity index (χ1v) is 6.75. The molecule has 1 aliphatic heterocycles. The summed E-state index contributed by atoms with van der Waals surface area (Å²) >= 11 is 0. The molecule has 0 radical (unpaired) electrons. The predicted molar refractivity (Wildman–Crippen MR) is 77.9 cm³/mol. The molecule has 1 aliphatic rings. The van der Waals surface area contributed by atoms with E-state index in [9.17, 15) is 0 Å². The summed E-state index contributed by atoms with van der Waals surface area (Å²) in [7, 11) is 0. The lowest BCUT2D eigenvalue weighted by Crippen LogP contribution is -2.29. The van der Waals surface area contributed by atoms with Crippen molar-refractivity contribution in [2.75, 3.05) is 18.0 Å². The molecule has 0 atom stereocenters. The van der Waals surface area contributed by atoms with E-state index >= 15 is 0 Å². The van der Waals surface area contributed by atoms with E-state index in [1.807, 2.05) is 18.2 Å². The minimum atomic E-state index is 0.640.